The largest absolute Gasteiger partial charge is 0.296 e. The van der Waals surface area contributed by atoms with Gasteiger partial charge in [0.15, 0.2) is 0 Å². The molecule has 18 heavy (non-hydrogen) atoms. The number of hydrogen-bond donors (Lipinski definition) is 0. The van der Waals surface area contributed by atoms with E-state index in [1.165, 1.54) is 0 Å². The van der Waals surface area contributed by atoms with Gasteiger partial charge in [-0.2, -0.15) is 0 Å². The van der Waals surface area contributed by atoms with E-state index < -0.39 is 0 Å². The van der Waals surface area contributed by atoms with E-state index in [0.717, 1.165) is 30.8 Å². The Labute approximate surface area is 107 Å². The quantitative estimate of drug-likeness (QED) is 0.805. The van der Waals surface area contributed by atoms with Crippen LogP contribution < -0.4 is 0 Å². The lowest BCUT2D eigenvalue weighted by atomic mass is 9.76. The van der Waals surface area contributed by atoms with Gasteiger partial charge in [0.25, 0.3) is 0 Å². The first-order valence-electron chi connectivity index (χ1n) is 6.26. The third-order valence-corrected chi connectivity index (χ3v) is 3.41. The third-order valence-electron chi connectivity index (χ3n) is 3.41. The summed E-state index contributed by atoms with van der Waals surface area (Å²) in [4.78, 5) is 13.5. The van der Waals surface area contributed by atoms with E-state index in [9.17, 15) is 0 Å². The molecule has 0 atom stereocenters. The zero-order chi connectivity index (χ0) is 12.3. The molecule has 0 amide bonds. The first-order valence-corrected chi connectivity index (χ1v) is 6.26. The molecule has 3 rings (SSSR count). The predicted octanol–water partition coefficient (Wildman–Crippen LogP) is 2.63. The lowest BCUT2D eigenvalue weighted by molar-refractivity contribution is 0.544. The summed E-state index contributed by atoms with van der Waals surface area (Å²) in [5.41, 5.74) is 1.82. The third kappa shape index (κ3) is 1.82. The van der Waals surface area contributed by atoms with E-state index in [-0.39, 0.29) is 5.41 Å². The first-order chi connectivity index (χ1) is 8.92. The summed E-state index contributed by atoms with van der Waals surface area (Å²) in [7, 11) is 0. The van der Waals surface area contributed by atoms with Gasteiger partial charge in [0.1, 0.15) is 0 Å². The lowest BCUT2D eigenvalue weighted by Gasteiger charge is -2.31. The van der Waals surface area contributed by atoms with Crippen molar-refractivity contribution in [3.05, 3.63) is 60.2 Å². The van der Waals surface area contributed by atoms with Crippen LogP contribution in [0.15, 0.2) is 53.8 Å². The number of nitrogens with zero attached hydrogens (tertiary/aromatic N) is 3. The molecule has 90 valence electrons. The lowest BCUT2D eigenvalue weighted by Crippen LogP contribution is -2.34. The summed E-state index contributed by atoms with van der Waals surface area (Å²) in [6.07, 6.45) is 7.79. The van der Waals surface area contributed by atoms with Gasteiger partial charge in [-0.25, -0.2) is 0 Å². The van der Waals surface area contributed by atoms with Gasteiger partial charge in [-0.1, -0.05) is 12.1 Å². The zero-order valence-corrected chi connectivity index (χ0v) is 10.2. The maximum absolute atomic E-state index is 4.52. The molecule has 3 nitrogen and oxygen atoms in total. The molecule has 0 bridgehead atoms. The molecule has 2 aromatic rings. The summed E-state index contributed by atoms with van der Waals surface area (Å²) in [6, 6.07) is 12.0. The molecule has 3 heterocycles. The fourth-order valence-electron chi connectivity index (χ4n) is 2.51. The van der Waals surface area contributed by atoms with Crippen LogP contribution in [0.4, 0.5) is 0 Å². The minimum absolute atomic E-state index is 0.249. The van der Waals surface area contributed by atoms with Crippen LogP contribution in [0.25, 0.3) is 0 Å². The van der Waals surface area contributed by atoms with Crippen molar-refractivity contribution < 1.29 is 0 Å². The molecule has 0 aromatic carbocycles. The predicted molar refractivity (Wildman–Crippen MR) is 71.8 cm³/mol. The van der Waals surface area contributed by atoms with E-state index in [2.05, 4.69) is 27.1 Å². The van der Waals surface area contributed by atoms with E-state index in [1.54, 1.807) is 0 Å². The Morgan fingerprint density at radius 1 is 0.889 bits per heavy atom. The first kappa shape index (κ1) is 11.1. The number of aromatic nitrogens is 2. The summed E-state index contributed by atoms with van der Waals surface area (Å²) in [5.74, 6) is 0. The Morgan fingerprint density at radius 3 is 2.00 bits per heavy atom. The van der Waals surface area contributed by atoms with Crippen LogP contribution in [0.5, 0.6) is 0 Å². The maximum atomic E-state index is 4.52. The number of hydrogen-bond acceptors (Lipinski definition) is 3. The Morgan fingerprint density at radius 2 is 1.56 bits per heavy atom. The second kappa shape index (κ2) is 4.69. The molecule has 0 saturated heterocycles. The maximum Gasteiger partial charge on any atom is 0.0894 e. The molecule has 1 aliphatic heterocycles. The average molecular weight is 237 g/mol. The van der Waals surface area contributed by atoms with Crippen LogP contribution >= 0.6 is 0 Å². The normalized spacial score (nSPS) is 17.6. The Hall–Kier alpha value is -2.03. The van der Waals surface area contributed by atoms with Crippen LogP contribution in [0.3, 0.4) is 0 Å². The molecule has 2 aromatic heterocycles. The van der Waals surface area contributed by atoms with Crippen molar-refractivity contribution in [2.24, 2.45) is 4.99 Å². The molecule has 0 N–H and O–H groups in total. The standard InChI is InChI=1S/C15H15N3/c1-3-10-17-13(6-1)15(8-5-9-16-12-15)14-7-2-4-11-18-14/h1-4,6-7,10-12H,5,8-9H2. The number of rotatable bonds is 2. The smallest absolute Gasteiger partial charge is 0.0894 e. The molecule has 0 unspecified atom stereocenters. The van der Waals surface area contributed by atoms with Gasteiger partial charge in [-0.3, -0.25) is 15.0 Å². The van der Waals surface area contributed by atoms with Crippen molar-refractivity contribution in [3.63, 3.8) is 0 Å². The van der Waals surface area contributed by atoms with Gasteiger partial charge in [0.2, 0.25) is 0 Å². The highest BCUT2D eigenvalue weighted by Crippen LogP contribution is 2.34. The van der Waals surface area contributed by atoms with E-state index in [1.807, 2.05) is 42.9 Å². The molecule has 0 aliphatic carbocycles. The minimum atomic E-state index is -0.249. The minimum Gasteiger partial charge on any atom is -0.296 e. The zero-order valence-electron chi connectivity index (χ0n) is 10.2. The summed E-state index contributed by atoms with van der Waals surface area (Å²) >= 11 is 0. The van der Waals surface area contributed by atoms with Crippen molar-refractivity contribution in [1.29, 1.82) is 0 Å². The van der Waals surface area contributed by atoms with Gasteiger partial charge >= 0.3 is 0 Å². The van der Waals surface area contributed by atoms with Gasteiger partial charge in [-0.15, -0.1) is 0 Å². The molecule has 1 aliphatic rings. The van der Waals surface area contributed by atoms with E-state index in [4.69, 9.17) is 0 Å². The Kier molecular flexibility index (Phi) is 2.89. The summed E-state index contributed by atoms with van der Waals surface area (Å²) < 4.78 is 0. The van der Waals surface area contributed by atoms with Crippen molar-refractivity contribution in [2.45, 2.75) is 18.3 Å². The van der Waals surface area contributed by atoms with Crippen LogP contribution in [0, 0.1) is 0 Å². The van der Waals surface area contributed by atoms with Crippen LogP contribution in [-0.2, 0) is 5.41 Å². The van der Waals surface area contributed by atoms with Gasteiger partial charge in [-0.05, 0) is 37.1 Å². The number of pyridine rings is 2. The highest BCUT2D eigenvalue weighted by Gasteiger charge is 2.36. The molecular weight excluding hydrogens is 222 g/mol. The van der Waals surface area contributed by atoms with E-state index in [0.29, 0.717) is 0 Å². The van der Waals surface area contributed by atoms with Gasteiger partial charge < -0.3 is 0 Å². The van der Waals surface area contributed by atoms with Crippen LogP contribution in [-0.4, -0.2) is 22.7 Å². The highest BCUT2D eigenvalue weighted by molar-refractivity contribution is 5.78. The molecular formula is C15H15N3. The molecule has 3 heteroatoms. The molecule has 0 spiro atoms. The highest BCUT2D eigenvalue weighted by atomic mass is 14.8. The topological polar surface area (TPSA) is 38.1 Å². The summed E-state index contributed by atoms with van der Waals surface area (Å²) in [5, 5.41) is 0. The monoisotopic (exact) mass is 237 g/mol. The molecule has 0 radical (unpaired) electrons. The van der Waals surface area contributed by atoms with Crippen molar-refractivity contribution in [1.82, 2.24) is 9.97 Å². The SMILES string of the molecule is C1=NCCCC1(c1ccccn1)c1ccccn1. The van der Waals surface area contributed by atoms with Crippen molar-refractivity contribution >= 4 is 6.21 Å². The van der Waals surface area contributed by atoms with E-state index >= 15 is 0 Å². The Balaban J connectivity index is 2.16. The summed E-state index contributed by atoms with van der Waals surface area (Å²) in [6.45, 7) is 0.904. The van der Waals surface area contributed by atoms with Crippen LogP contribution in [0.2, 0.25) is 0 Å². The van der Waals surface area contributed by atoms with Gasteiger partial charge in [0.05, 0.1) is 16.8 Å². The van der Waals surface area contributed by atoms with Crippen LogP contribution in [0.1, 0.15) is 24.2 Å². The van der Waals surface area contributed by atoms with Crippen molar-refractivity contribution in [2.75, 3.05) is 6.54 Å². The second-order valence-corrected chi connectivity index (χ2v) is 4.54. The molecule has 0 fully saturated rings. The second-order valence-electron chi connectivity index (χ2n) is 4.54. The van der Waals surface area contributed by atoms with Gasteiger partial charge in [0, 0.05) is 25.2 Å². The Bertz CT molecular complexity index is 495. The average Bonchev–Trinajstić information content (AvgIpc) is 2.50. The molecule has 0 saturated carbocycles. The number of aliphatic imine (C=N–C) groups is 1. The van der Waals surface area contributed by atoms with Crippen molar-refractivity contribution in [3.8, 4) is 0 Å². The fourth-order valence-corrected chi connectivity index (χ4v) is 2.51. The fraction of sp³-hybridized carbons (Fsp3) is 0.267.